The Bertz CT molecular complexity index is 443. The number of hydrogen-bond donors (Lipinski definition) is 1. The fraction of sp³-hybridized carbons (Fsp3) is 0.933. The molecule has 1 heterocycles. The van der Waals surface area contributed by atoms with Crippen LogP contribution >= 0.6 is 0 Å². The Kier molecular flexibility index (Phi) is 7.79. The van der Waals surface area contributed by atoms with Crippen molar-refractivity contribution < 1.29 is 13.2 Å². The van der Waals surface area contributed by atoms with Gasteiger partial charge in [-0.1, -0.05) is 40.5 Å². The topological polar surface area (TPSA) is 69.7 Å². The molecule has 6 nitrogen and oxygen atoms in total. The van der Waals surface area contributed by atoms with Crippen molar-refractivity contribution >= 4 is 16.1 Å². The average molecular weight is 333 g/mol. The van der Waals surface area contributed by atoms with E-state index in [0.717, 1.165) is 25.7 Å². The van der Waals surface area contributed by atoms with E-state index in [4.69, 9.17) is 0 Å². The molecule has 7 heteroatoms. The summed E-state index contributed by atoms with van der Waals surface area (Å²) >= 11 is 0. The van der Waals surface area contributed by atoms with Gasteiger partial charge in [0.2, 0.25) is 5.91 Å². The van der Waals surface area contributed by atoms with Gasteiger partial charge >= 0.3 is 0 Å². The summed E-state index contributed by atoms with van der Waals surface area (Å²) in [5.41, 5.74) is 0. The monoisotopic (exact) mass is 333 g/mol. The van der Waals surface area contributed by atoms with Crippen LogP contribution in [0.15, 0.2) is 0 Å². The van der Waals surface area contributed by atoms with E-state index in [0.29, 0.717) is 26.2 Å². The predicted molar refractivity (Wildman–Crippen MR) is 88.7 cm³/mol. The van der Waals surface area contributed by atoms with Crippen molar-refractivity contribution in [1.29, 1.82) is 0 Å². The highest BCUT2D eigenvalue weighted by Gasteiger charge is 2.41. The minimum Gasteiger partial charge on any atom is -0.353 e. The minimum atomic E-state index is -3.59. The average Bonchev–Trinajstić information content (AvgIpc) is 2.46. The summed E-state index contributed by atoms with van der Waals surface area (Å²) in [6.45, 7) is 9.68. The Labute approximate surface area is 135 Å². The predicted octanol–water partition coefficient (Wildman–Crippen LogP) is 1.59. The van der Waals surface area contributed by atoms with Crippen LogP contribution in [-0.4, -0.2) is 55.2 Å². The number of amides is 1. The number of unbranched alkanes of at least 4 members (excludes halogenated alkanes) is 2. The fourth-order valence-corrected chi connectivity index (χ4v) is 4.68. The van der Waals surface area contributed by atoms with Crippen LogP contribution in [0, 0.1) is 5.92 Å². The number of nitrogens with one attached hydrogen (secondary N) is 1. The van der Waals surface area contributed by atoms with Crippen LogP contribution in [0.5, 0.6) is 0 Å². The molecule has 0 bridgehead atoms. The summed E-state index contributed by atoms with van der Waals surface area (Å²) in [5.74, 6) is -0.231. The van der Waals surface area contributed by atoms with Gasteiger partial charge in [-0.3, -0.25) is 4.79 Å². The van der Waals surface area contributed by atoms with E-state index in [1.165, 1.54) is 4.31 Å². The Hall–Kier alpha value is -0.660. The van der Waals surface area contributed by atoms with E-state index in [1.54, 1.807) is 4.31 Å². The molecule has 0 saturated carbocycles. The largest absolute Gasteiger partial charge is 0.353 e. The van der Waals surface area contributed by atoms with E-state index >= 15 is 0 Å². The second kappa shape index (κ2) is 8.84. The molecule has 0 aromatic heterocycles. The van der Waals surface area contributed by atoms with Crippen molar-refractivity contribution in [3.8, 4) is 0 Å². The highest BCUT2D eigenvalue weighted by atomic mass is 32.2. The Morgan fingerprint density at radius 1 is 1.23 bits per heavy atom. The fourth-order valence-electron chi connectivity index (χ4n) is 2.72. The van der Waals surface area contributed by atoms with E-state index in [-0.39, 0.29) is 11.8 Å². The molecule has 1 amide bonds. The number of carbonyl (C=O) groups excluding carboxylic acids is 1. The zero-order chi connectivity index (χ0) is 16.8. The molecular weight excluding hydrogens is 302 g/mol. The minimum absolute atomic E-state index is 0.0470. The molecule has 130 valence electrons. The van der Waals surface area contributed by atoms with Gasteiger partial charge < -0.3 is 5.32 Å². The Morgan fingerprint density at radius 3 is 2.23 bits per heavy atom. The lowest BCUT2D eigenvalue weighted by molar-refractivity contribution is -0.128. The maximum atomic E-state index is 13.0. The van der Waals surface area contributed by atoms with Crippen LogP contribution in [0.3, 0.4) is 0 Å². The third-order valence-corrected chi connectivity index (χ3v) is 6.01. The smallest absolute Gasteiger partial charge is 0.282 e. The molecule has 1 aliphatic rings. The lowest BCUT2D eigenvalue weighted by Gasteiger charge is -2.39. The lowest BCUT2D eigenvalue weighted by Crippen LogP contribution is -2.61. The second-order valence-electron chi connectivity index (χ2n) is 6.20. The third kappa shape index (κ3) is 4.67. The standard InChI is InChI=1S/C15H31N3O3S/c1-5-7-10-17(11-8-6-2)22(20,21)18-12-9-16-15(19)14(18)13(3)4/h13-14H,5-12H2,1-4H3,(H,16,19). The second-order valence-corrected chi connectivity index (χ2v) is 8.09. The summed E-state index contributed by atoms with van der Waals surface area (Å²) in [5, 5.41) is 2.78. The summed E-state index contributed by atoms with van der Waals surface area (Å²) in [4.78, 5) is 12.1. The van der Waals surface area contributed by atoms with Gasteiger partial charge in [0.05, 0.1) is 0 Å². The summed E-state index contributed by atoms with van der Waals surface area (Å²) < 4.78 is 29.0. The van der Waals surface area contributed by atoms with Crippen molar-refractivity contribution in [3.63, 3.8) is 0 Å². The van der Waals surface area contributed by atoms with Crippen LogP contribution in [0.25, 0.3) is 0 Å². The van der Waals surface area contributed by atoms with Gasteiger partial charge in [-0.05, 0) is 18.8 Å². The molecule has 1 fully saturated rings. The maximum Gasteiger partial charge on any atom is 0.282 e. The third-order valence-electron chi connectivity index (χ3n) is 3.99. The maximum absolute atomic E-state index is 13.0. The number of hydrogen-bond acceptors (Lipinski definition) is 3. The number of rotatable bonds is 9. The zero-order valence-corrected chi connectivity index (χ0v) is 15.2. The van der Waals surface area contributed by atoms with Gasteiger partial charge in [0, 0.05) is 26.2 Å². The van der Waals surface area contributed by atoms with Crippen molar-refractivity contribution in [3.05, 3.63) is 0 Å². The summed E-state index contributed by atoms with van der Waals surface area (Å²) in [7, 11) is -3.59. The van der Waals surface area contributed by atoms with E-state index < -0.39 is 16.3 Å². The van der Waals surface area contributed by atoms with Crippen LogP contribution < -0.4 is 5.32 Å². The van der Waals surface area contributed by atoms with Gasteiger partial charge in [-0.15, -0.1) is 0 Å². The van der Waals surface area contributed by atoms with Gasteiger partial charge in [0.15, 0.2) is 0 Å². The summed E-state index contributed by atoms with van der Waals surface area (Å²) in [6, 6.07) is -0.607. The lowest BCUT2D eigenvalue weighted by atomic mass is 10.0. The first-order valence-corrected chi connectivity index (χ1v) is 9.80. The molecular formula is C15H31N3O3S. The number of piperazine rings is 1. The van der Waals surface area contributed by atoms with Crippen LogP contribution in [0.4, 0.5) is 0 Å². The van der Waals surface area contributed by atoms with Gasteiger partial charge in [-0.25, -0.2) is 0 Å². The van der Waals surface area contributed by atoms with Crippen molar-refractivity contribution in [2.75, 3.05) is 26.2 Å². The molecule has 22 heavy (non-hydrogen) atoms. The van der Waals surface area contributed by atoms with Crippen LogP contribution in [-0.2, 0) is 15.0 Å². The molecule has 0 aromatic carbocycles. The number of nitrogens with zero attached hydrogens (tertiary/aromatic N) is 2. The van der Waals surface area contributed by atoms with Crippen molar-refractivity contribution in [1.82, 2.24) is 13.9 Å². The quantitative estimate of drug-likeness (QED) is 0.696. The number of carbonyl (C=O) groups is 1. The molecule has 0 spiro atoms. The van der Waals surface area contributed by atoms with Gasteiger partial charge in [0.25, 0.3) is 10.2 Å². The molecule has 1 saturated heterocycles. The first-order chi connectivity index (χ1) is 10.4. The molecule has 1 unspecified atom stereocenters. The Morgan fingerprint density at radius 2 is 1.77 bits per heavy atom. The van der Waals surface area contributed by atoms with Gasteiger partial charge in [-0.2, -0.15) is 17.0 Å². The first-order valence-electron chi connectivity index (χ1n) is 8.40. The Balaban J connectivity index is 3.01. The molecule has 1 aliphatic heterocycles. The van der Waals surface area contributed by atoms with Crippen molar-refractivity contribution in [2.24, 2.45) is 5.92 Å². The molecule has 1 rings (SSSR count). The molecule has 1 N–H and O–H groups in total. The van der Waals surface area contributed by atoms with Crippen molar-refractivity contribution in [2.45, 2.75) is 59.4 Å². The molecule has 0 aliphatic carbocycles. The van der Waals surface area contributed by atoms with Crippen LogP contribution in [0.1, 0.15) is 53.4 Å². The van der Waals surface area contributed by atoms with Crippen LogP contribution in [0.2, 0.25) is 0 Å². The normalized spacial score (nSPS) is 20.6. The molecule has 0 aromatic rings. The SMILES string of the molecule is CCCCN(CCCC)S(=O)(=O)N1CCNC(=O)C1C(C)C. The first kappa shape index (κ1) is 19.4. The van der Waals surface area contributed by atoms with E-state index in [9.17, 15) is 13.2 Å². The highest BCUT2D eigenvalue weighted by Crippen LogP contribution is 2.21. The van der Waals surface area contributed by atoms with E-state index in [1.807, 2.05) is 13.8 Å². The zero-order valence-electron chi connectivity index (χ0n) is 14.3. The molecule has 0 radical (unpaired) electrons. The van der Waals surface area contributed by atoms with Gasteiger partial charge in [0.1, 0.15) is 6.04 Å². The molecule has 1 atom stereocenters. The summed E-state index contributed by atoms with van der Waals surface area (Å²) in [6.07, 6.45) is 3.59. The highest BCUT2D eigenvalue weighted by molar-refractivity contribution is 7.86. The van der Waals surface area contributed by atoms with E-state index in [2.05, 4.69) is 19.2 Å².